The van der Waals surface area contributed by atoms with Crippen LogP contribution in [-0.2, 0) is 20.1 Å². The maximum Gasteiger partial charge on any atom is 0.332 e. The molecule has 6 rings (SSSR count). The van der Waals surface area contributed by atoms with Crippen LogP contribution >= 0.6 is 0 Å². The van der Waals surface area contributed by atoms with E-state index >= 15 is 0 Å². The summed E-state index contributed by atoms with van der Waals surface area (Å²) in [6.45, 7) is 9.70. The van der Waals surface area contributed by atoms with Crippen LogP contribution in [0, 0.1) is 13.8 Å². The summed E-state index contributed by atoms with van der Waals surface area (Å²) in [7, 11) is 1.65. The van der Waals surface area contributed by atoms with Gasteiger partial charge >= 0.3 is 5.69 Å². The van der Waals surface area contributed by atoms with Crippen molar-refractivity contribution in [1.29, 1.82) is 0 Å². The molecule has 0 saturated carbocycles. The van der Waals surface area contributed by atoms with E-state index in [0.717, 1.165) is 41.5 Å². The lowest BCUT2D eigenvalue weighted by molar-refractivity contribution is 0.495. The zero-order chi connectivity index (χ0) is 28.3. The molecule has 0 radical (unpaired) electrons. The van der Waals surface area contributed by atoms with E-state index < -0.39 is 11.2 Å². The van der Waals surface area contributed by atoms with Crippen LogP contribution in [0.25, 0.3) is 33.2 Å². The predicted molar refractivity (Wildman–Crippen MR) is 156 cm³/mol. The third-order valence-electron chi connectivity index (χ3n) is 7.62. The van der Waals surface area contributed by atoms with Gasteiger partial charge in [-0.25, -0.2) is 14.8 Å². The van der Waals surface area contributed by atoms with E-state index in [1.165, 1.54) is 9.13 Å². The number of anilines is 1. The molecule has 11 heteroatoms. The van der Waals surface area contributed by atoms with Crippen LogP contribution in [0.5, 0.6) is 0 Å². The van der Waals surface area contributed by atoms with Gasteiger partial charge in [0, 0.05) is 38.1 Å². The number of fused-ring (bicyclic) bond motifs is 4. The molecule has 1 unspecified atom stereocenters. The first-order valence-corrected chi connectivity index (χ1v) is 13.6. The Morgan fingerprint density at radius 1 is 1.15 bits per heavy atom. The second-order valence-corrected chi connectivity index (χ2v) is 11.1. The van der Waals surface area contributed by atoms with E-state index in [1.54, 1.807) is 7.05 Å². The highest BCUT2D eigenvalue weighted by molar-refractivity contribution is 6.03. The first-order chi connectivity index (χ1) is 19.1. The lowest BCUT2D eigenvalue weighted by Crippen LogP contribution is -2.44. The van der Waals surface area contributed by atoms with Crippen LogP contribution in [0.2, 0.25) is 0 Å². The van der Waals surface area contributed by atoms with Gasteiger partial charge < -0.3 is 19.6 Å². The van der Waals surface area contributed by atoms with Crippen LogP contribution in [0.15, 0.2) is 43.9 Å². The third-order valence-corrected chi connectivity index (χ3v) is 7.62. The lowest BCUT2D eigenvalue weighted by Gasteiger charge is -2.31. The number of aromatic nitrogens is 6. The molecule has 208 valence electrons. The number of nitrogens with zero attached hydrogens (tertiary/aromatic N) is 7. The molecule has 2 N–H and O–H groups in total. The number of allylic oxidation sites excluding steroid dienone is 2. The summed E-state index contributed by atoms with van der Waals surface area (Å²) in [4.78, 5) is 43.9. The van der Waals surface area contributed by atoms with Gasteiger partial charge in [-0.3, -0.25) is 13.9 Å². The Hall–Kier alpha value is -4.25. The highest BCUT2D eigenvalue weighted by atomic mass is 16.3. The van der Waals surface area contributed by atoms with Gasteiger partial charge in [0.15, 0.2) is 16.7 Å². The molecule has 0 bridgehead atoms. The van der Waals surface area contributed by atoms with Crippen molar-refractivity contribution in [2.24, 2.45) is 12.8 Å². The number of nitrogens with two attached hydrogens (primary N) is 1. The highest BCUT2D eigenvalue weighted by Crippen LogP contribution is 2.29. The van der Waals surface area contributed by atoms with Crippen molar-refractivity contribution in [2.75, 3.05) is 18.0 Å². The van der Waals surface area contributed by atoms with Crippen LogP contribution in [0.4, 0.5) is 5.95 Å². The van der Waals surface area contributed by atoms with E-state index in [9.17, 15) is 9.59 Å². The molecule has 40 heavy (non-hydrogen) atoms. The fraction of sp³-hybridized carbons (Fsp3) is 0.414. The van der Waals surface area contributed by atoms with E-state index in [-0.39, 0.29) is 12.6 Å². The number of hydrogen-bond donors (Lipinski definition) is 1. The van der Waals surface area contributed by atoms with Crippen molar-refractivity contribution in [3.63, 3.8) is 0 Å². The maximum absolute atomic E-state index is 14.0. The maximum atomic E-state index is 14.0. The molecule has 1 aliphatic heterocycles. The molecule has 0 amide bonds. The topological polar surface area (TPSA) is 130 Å². The van der Waals surface area contributed by atoms with Crippen molar-refractivity contribution < 1.29 is 4.42 Å². The molecule has 4 aromatic heterocycles. The fourth-order valence-corrected chi connectivity index (χ4v) is 5.54. The van der Waals surface area contributed by atoms with Crippen molar-refractivity contribution in [3.05, 3.63) is 67.8 Å². The minimum absolute atomic E-state index is 0.0315. The molecule has 1 saturated heterocycles. The quantitative estimate of drug-likeness (QED) is 0.335. The van der Waals surface area contributed by atoms with Crippen molar-refractivity contribution in [1.82, 2.24) is 28.7 Å². The summed E-state index contributed by atoms with van der Waals surface area (Å²) >= 11 is 0. The summed E-state index contributed by atoms with van der Waals surface area (Å²) in [5.74, 6) is 1.02. The number of piperidine rings is 1. The minimum Gasteiger partial charge on any atom is -0.452 e. The van der Waals surface area contributed by atoms with Crippen molar-refractivity contribution in [2.45, 2.75) is 59.7 Å². The molecule has 1 fully saturated rings. The van der Waals surface area contributed by atoms with Gasteiger partial charge in [0.1, 0.15) is 16.9 Å². The monoisotopic (exact) mass is 542 g/mol. The molecule has 1 aliphatic rings. The minimum atomic E-state index is -0.472. The van der Waals surface area contributed by atoms with Gasteiger partial charge in [0.2, 0.25) is 5.95 Å². The zero-order valence-electron chi connectivity index (χ0n) is 23.6. The Balaban J connectivity index is 1.53. The predicted octanol–water partition coefficient (Wildman–Crippen LogP) is 3.14. The lowest BCUT2D eigenvalue weighted by atomic mass is 10.1. The molecule has 1 aromatic carbocycles. The molecule has 5 heterocycles. The molecule has 0 aliphatic carbocycles. The fourth-order valence-electron chi connectivity index (χ4n) is 5.54. The van der Waals surface area contributed by atoms with Crippen molar-refractivity contribution in [3.8, 4) is 0 Å². The van der Waals surface area contributed by atoms with E-state index in [1.807, 2.05) is 50.5 Å². The summed E-state index contributed by atoms with van der Waals surface area (Å²) in [6.07, 6.45) is 3.94. The number of imidazole rings is 1. The smallest absolute Gasteiger partial charge is 0.332 e. The van der Waals surface area contributed by atoms with E-state index in [2.05, 4.69) is 16.0 Å². The highest BCUT2D eigenvalue weighted by Gasteiger charge is 2.26. The number of furan rings is 1. The average Bonchev–Trinajstić information content (AvgIpc) is 3.48. The molecular formula is C29H34N8O3. The van der Waals surface area contributed by atoms with Crippen LogP contribution in [-0.4, -0.2) is 47.8 Å². The molecular weight excluding hydrogens is 508 g/mol. The van der Waals surface area contributed by atoms with Gasteiger partial charge in [-0.15, -0.1) is 0 Å². The second-order valence-electron chi connectivity index (χ2n) is 11.1. The Bertz CT molecular complexity index is 1940. The average molecular weight is 543 g/mol. The van der Waals surface area contributed by atoms with Gasteiger partial charge in [0.25, 0.3) is 5.56 Å². The van der Waals surface area contributed by atoms with E-state index in [0.29, 0.717) is 52.8 Å². The number of aryl methyl sites for hydroxylation is 3. The summed E-state index contributed by atoms with van der Waals surface area (Å²) in [6, 6.07) is 5.95. The van der Waals surface area contributed by atoms with Crippen molar-refractivity contribution >= 4 is 39.2 Å². The van der Waals surface area contributed by atoms with Gasteiger partial charge in [-0.1, -0.05) is 23.3 Å². The number of hydrogen-bond acceptors (Lipinski definition) is 8. The molecule has 1 atom stereocenters. The van der Waals surface area contributed by atoms with E-state index in [4.69, 9.17) is 20.1 Å². The largest absolute Gasteiger partial charge is 0.452 e. The Morgan fingerprint density at radius 2 is 1.95 bits per heavy atom. The van der Waals surface area contributed by atoms with Crippen LogP contribution in [0.3, 0.4) is 0 Å². The van der Waals surface area contributed by atoms with Gasteiger partial charge in [-0.2, -0.15) is 4.98 Å². The van der Waals surface area contributed by atoms with Gasteiger partial charge in [0.05, 0.1) is 12.2 Å². The third kappa shape index (κ3) is 4.30. The first-order valence-electron chi connectivity index (χ1n) is 13.6. The van der Waals surface area contributed by atoms with Crippen LogP contribution < -0.4 is 21.9 Å². The molecule has 5 aromatic rings. The molecule has 11 nitrogen and oxygen atoms in total. The second kappa shape index (κ2) is 9.74. The summed E-state index contributed by atoms with van der Waals surface area (Å²) < 4.78 is 10.5. The molecule has 0 spiro atoms. The summed E-state index contributed by atoms with van der Waals surface area (Å²) in [5, 5.41) is 0.877. The Labute approximate surface area is 230 Å². The normalized spacial score (nSPS) is 15.9. The standard InChI is InChI=1S/C29H34N8O3/c1-16(2)10-12-36-24-26(33-28(36)35-11-6-7-19(30)14-35)34(5)29(39)37(27(24)38)15-22-31-18(4)25-23(32-22)20-13-17(3)8-9-21(20)40-25/h8-10,13,19H,6-7,11-12,14-15,30H2,1-5H3. The zero-order valence-corrected chi connectivity index (χ0v) is 23.6. The SMILES string of the molecule is CC(C)=CCn1c(N2CCCC(N)C2)nc2c1c(=O)n(Cc1nc(C)c3oc4ccc(C)cc4c3n1)c(=O)n2C. The number of benzene rings is 1. The van der Waals surface area contributed by atoms with Crippen LogP contribution in [0.1, 0.15) is 43.8 Å². The Kier molecular flexibility index (Phi) is 6.33. The summed E-state index contributed by atoms with van der Waals surface area (Å²) in [5.41, 5.74) is 11.0. The van der Waals surface area contributed by atoms with Gasteiger partial charge in [-0.05, 0) is 52.7 Å². The first kappa shape index (κ1) is 26.0. The number of rotatable bonds is 5. The Morgan fingerprint density at radius 3 is 2.70 bits per heavy atom.